The van der Waals surface area contributed by atoms with Crippen LogP contribution in [0.3, 0.4) is 0 Å². The fourth-order valence-electron chi connectivity index (χ4n) is 13.2. The van der Waals surface area contributed by atoms with Crippen LogP contribution in [0.4, 0.5) is 0 Å². The standard InChI is InChI=1S/C33H48O4/c1-18-19(2)27-9-26(18)28(30(34)36-16-32-10-20-3-21(11-32)5-22(4-20)12-32)29(27)31(35)37-17-33-13-23-6-24(14-33)8-25(7-23)15-33/h18-29H,3-17H2,1-2H3/t18?,19?,20?,21?,22?,23?,24?,25?,26?,27?,28-,29+,32?,33?. The van der Waals surface area contributed by atoms with Gasteiger partial charge in [0.1, 0.15) is 0 Å². The Balaban J connectivity index is 0.961. The molecule has 0 amide bonds. The minimum atomic E-state index is -0.283. The lowest BCUT2D eigenvalue weighted by Gasteiger charge is -2.56. The molecule has 10 saturated carbocycles. The smallest absolute Gasteiger partial charge is 0.310 e. The highest BCUT2D eigenvalue weighted by atomic mass is 16.5. The molecule has 10 rings (SSSR count). The number of rotatable bonds is 6. The average molecular weight is 509 g/mol. The molecule has 4 unspecified atom stereocenters. The van der Waals surface area contributed by atoms with Crippen LogP contribution >= 0.6 is 0 Å². The van der Waals surface area contributed by atoms with Gasteiger partial charge >= 0.3 is 11.9 Å². The van der Waals surface area contributed by atoms with Crippen LogP contribution in [0.5, 0.6) is 0 Å². The van der Waals surface area contributed by atoms with Crippen molar-refractivity contribution in [3.63, 3.8) is 0 Å². The lowest BCUT2D eigenvalue weighted by molar-refractivity contribution is -0.176. The summed E-state index contributed by atoms with van der Waals surface area (Å²) < 4.78 is 12.5. The highest BCUT2D eigenvalue weighted by Crippen LogP contribution is 2.63. The first-order valence-electron chi connectivity index (χ1n) is 16.1. The van der Waals surface area contributed by atoms with E-state index in [0.29, 0.717) is 25.0 Å². The first-order chi connectivity index (χ1) is 17.8. The average Bonchev–Trinajstić information content (AvgIpc) is 3.36. The van der Waals surface area contributed by atoms with E-state index in [9.17, 15) is 9.59 Å². The maximum absolute atomic E-state index is 13.8. The molecule has 10 fully saturated rings. The van der Waals surface area contributed by atoms with Gasteiger partial charge in [0, 0.05) is 10.8 Å². The Morgan fingerprint density at radius 3 is 1.14 bits per heavy atom. The summed E-state index contributed by atoms with van der Waals surface area (Å²) in [7, 11) is 0. The molecule has 0 radical (unpaired) electrons. The zero-order valence-corrected chi connectivity index (χ0v) is 23.2. The molecule has 0 heterocycles. The van der Waals surface area contributed by atoms with Crippen molar-refractivity contribution in [2.75, 3.05) is 13.2 Å². The Labute approximate surface area is 223 Å². The Morgan fingerprint density at radius 2 is 0.838 bits per heavy atom. The van der Waals surface area contributed by atoms with Crippen molar-refractivity contribution in [3.8, 4) is 0 Å². The fraction of sp³-hybridized carbons (Fsp3) is 0.939. The van der Waals surface area contributed by atoms with Gasteiger partial charge in [-0.1, -0.05) is 13.8 Å². The first kappa shape index (κ1) is 23.8. The van der Waals surface area contributed by atoms with E-state index >= 15 is 0 Å². The van der Waals surface area contributed by atoms with Crippen LogP contribution in [0.15, 0.2) is 0 Å². The second kappa shape index (κ2) is 8.23. The first-order valence-corrected chi connectivity index (χ1v) is 16.1. The Bertz CT molecular complexity index is 821. The van der Waals surface area contributed by atoms with Crippen LogP contribution in [0, 0.1) is 81.8 Å². The second-order valence-corrected chi connectivity index (χ2v) is 16.4. The third-order valence-electron chi connectivity index (χ3n) is 13.9. The van der Waals surface area contributed by atoms with Crippen molar-refractivity contribution < 1.29 is 19.1 Å². The monoisotopic (exact) mass is 508 g/mol. The second-order valence-electron chi connectivity index (χ2n) is 16.4. The lowest BCUT2D eigenvalue weighted by Crippen LogP contribution is -2.50. The van der Waals surface area contributed by atoms with Gasteiger partial charge in [-0.3, -0.25) is 9.59 Å². The zero-order chi connectivity index (χ0) is 25.1. The molecule has 10 bridgehead atoms. The molecule has 0 aliphatic heterocycles. The Kier molecular flexibility index (Phi) is 5.29. The Hall–Kier alpha value is -1.06. The molecule has 4 heteroatoms. The number of hydrogen-bond donors (Lipinski definition) is 0. The van der Waals surface area contributed by atoms with Gasteiger partial charge in [0.15, 0.2) is 0 Å². The van der Waals surface area contributed by atoms with Gasteiger partial charge in [0.25, 0.3) is 0 Å². The maximum Gasteiger partial charge on any atom is 0.310 e. The minimum absolute atomic E-state index is 0.0706. The van der Waals surface area contributed by atoms with Crippen LogP contribution in [-0.2, 0) is 19.1 Å². The molecule has 204 valence electrons. The van der Waals surface area contributed by atoms with Gasteiger partial charge in [-0.15, -0.1) is 0 Å². The van der Waals surface area contributed by atoms with E-state index in [1.54, 1.807) is 0 Å². The molecule has 0 N–H and O–H groups in total. The summed E-state index contributed by atoms with van der Waals surface area (Å²) in [6.45, 7) is 5.79. The predicted octanol–water partition coefficient (Wildman–Crippen LogP) is 6.66. The number of carbonyl (C=O) groups excluding carboxylic acids is 2. The van der Waals surface area contributed by atoms with Gasteiger partial charge in [-0.25, -0.2) is 0 Å². The molecule has 0 aromatic heterocycles. The molecule has 0 aromatic rings. The van der Waals surface area contributed by atoms with Crippen molar-refractivity contribution in [1.82, 2.24) is 0 Å². The summed E-state index contributed by atoms with van der Waals surface area (Å²) in [6, 6.07) is 0. The third kappa shape index (κ3) is 3.72. The van der Waals surface area contributed by atoms with Crippen LogP contribution in [0.2, 0.25) is 0 Å². The van der Waals surface area contributed by atoms with E-state index in [1.807, 2.05) is 0 Å². The van der Waals surface area contributed by atoms with Gasteiger partial charge in [-0.05, 0) is 143 Å². The number of ether oxygens (including phenoxy) is 2. The summed E-state index contributed by atoms with van der Waals surface area (Å²) in [4.78, 5) is 27.6. The number of hydrogen-bond acceptors (Lipinski definition) is 4. The summed E-state index contributed by atoms with van der Waals surface area (Å²) >= 11 is 0. The van der Waals surface area contributed by atoms with E-state index < -0.39 is 0 Å². The van der Waals surface area contributed by atoms with Crippen molar-refractivity contribution in [2.45, 2.75) is 97.3 Å². The fourth-order valence-corrected chi connectivity index (χ4v) is 13.2. The zero-order valence-electron chi connectivity index (χ0n) is 23.2. The van der Waals surface area contributed by atoms with Crippen LogP contribution in [-0.4, -0.2) is 25.2 Å². The Morgan fingerprint density at radius 1 is 0.541 bits per heavy atom. The lowest BCUT2D eigenvalue weighted by atomic mass is 9.50. The molecule has 10 aliphatic carbocycles. The normalized spacial score (nSPS) is 56.2. The number of carbonyl (C=O) groups is 2. The largest absolute Gasteiger partial charge is 0.465 e. The van der Waals surface area contributed by atoms with E-state index in [-0.39, 0.29) is 46.4 Å². The van der Waals surface area contributed by atoms with Crippen molar-refractivity contribution in [1.29, 1.82) is 0 Å². The van der Waals surface area contributed by atoms with Gasteiger partial charge in [-0.2, -0.15) is 0 Å². The summed E-state index contributed by atoms with van der Waals surface area (Å²) in [5.74, 6) is 5.98. The molecular formula is C33H48O4. The number of esters is 2. The molecule has 4 nitrogen and oxygen atoms in total. The molecule has 0 saturated heterocycles. The molecule has 0 spiro atoms. The SMILES string of the molecule is CC1C(C)C2CC1[C@@H](C(=O)OCC13CC4CC(CC(C4)C1)C3)[C@H]2C(=O)OCC12CC3CC(CC(C3)C1)C2. The van der Waals surface area contributed by atoms with Crippen LogP contribution < -0.4 is 0 Å². The van der Waals surface area contributed by atoms with Crippen molar-refractivity contribution in [2.24, 2.45) is 81.8 Å². The van der Waals surface area contributed by atoms with Gasteiger partial charge in [0.05, 0.1) is 25.0 Å². The minimum Gasteiger partial charge on any atom is -0.465 e. The molecule has 37 heavy (non-hydrogen) atoms. The van der Waals surface area contributed by atoms with Gasteiger partial charge in [0.2, 0.25) is 0 Å². The summed E-state index contributed by atoms with van der Waals surface area (Å²) in [5, 5.41) is 0. The van der Waals surface area contributed by atoms with Crippen LogP contribution in [0.1, 0.15) is 97.3 Å². The van der Waals surface area contributed by atoms with Gasteiger partial charge < -0.3 is 9.47 Å². The summed E-state index contributed by atoms with van der Waals surface area (Å²) in [5.41, 5.74) is 0.463. The predicted molar refractivity (Wildman–Crippen MR) is 140 cm³/mol. The quantitative estimate of drug-likeness (QED) is 0.377. The molecular weight excluding hydrogens is 460 g/mol. The molecule has 10 aliphatic rings. The third-order valence-corrected chi connectivity index (χ3v) is 13.9. The molecule has 6 atom stereocenters. The molecule has 0 aromatic carbocycles. The van der Waals surface area contributed by atoms with E-state index in [2.05, 4.69) is 13.8 Å². The summed E-state index contributed by atoms with van der Waals surface area (Å²) in [6.07, 6.45) is 17.0. The van der Waals surface area contributed by atoms with E-state index in [4.69, 9.17) is 9.47 Å². The van der Waals surface area contributed by atoms with E-state index in [1.165, 1.54) is 77.0 Å². The maximum atomic E-state index is 13.8. The van der Waals surface area contributed by atoms with E-state index in [0.717, 1.165) is 41.9 Å². The highest BCUT2D eigenvalue weighted by molar-refractivity contribution is 5.84. The topological polar surface area (TPSA) is 52.6 Å². The number of fused-ring (bicyclic) bond motifs is 2. The van der Waals surface area contributed by atoms with Crippen molar-refractivity contribution >= 4 is 11.9 Å². The van der Waals surface area contributed by atoms with Crippen molar-refractivity contribution in [3.05, 3.63) is 0 Å². The van der Waals surface area contributed by atoms with Crippen LogP contribution in [0.25, 0.3) is 0 Å². The highest BCUT2D eigenvalue weighted by Gasteiger charge is 2.62.